The van der Waals surface area contributed by atoms with Gasteiger partial charge in [-0.15, -0.1) is 10.2 Å². The van der Waals surface area contributed by atoms with Crippen LogP contribution >= 0.6 is 23.2 Å². The predicted octanol–water partition coefficient (Wildman–Crippen LogP) is 5.72. The van der Waals surface area contributed by atoms with E-state index in [-0.39, 0.29) is 33.7 Å². The molecule has 2 heterocycles. The zero-order chi connectivity index (χ0) is 24.6. The highest BCUT2D eigenvalue weighted by Crippen LogP contribution is 2.46. The second-order valence-corrected chi connectivity index (χ2v) is 8.11. The summed E-state index contributed by atoms with van der Waals surface area (Å²) in [4.78, 5) is 12.3. The standard InChI is InChI=1S/C22H18Cl2F3N3O4/c1-3-33-17(31)10-16-20-28-29-21(22(25,26)27)30(20)14-8-7-11(23)9-13(14)19(34-16)12-5-4-6-15(32-2)18(12)24/h4-9,16,19H,3,10H2,1-2H3. The number of alkyl halides is 3. The molecule has 0 fully saturated rings. The van der Waals surface area contributed by atoms with Gasteiger partial charge in [-0.05, 0) is 31.2 Å². The molecule has 0 spiro atoms. The van der Waals surface area contributed by atoms with Crippen LogP contribution in [-0.2, 0) is 20.4 Å². The Labute approximate surface area is 202 Å². The summed E-state index contributed by atoms with van der Waals surface area (Å²) in [5.74, 6) is -1.80. The van der Waals surface area contributed by atoms with E-state index in [9.17, 15) is 18.0 Å². The van der Waals surface area contributed by atoms with Gasteiger partial charge in [0.05, 0.1) is 30.8 Å². The monoisotopic (exact) mass is 515 g/mol. The quantitative estimate of drug-likeness (QED) is 0.404. The molecule has 2 aromatic carbocycles. The third kappa shape index (κ3) is 4.45. The number of aromatic nitrogens is 3. The lowest BCUT2D eigenvalue weighted by Crippen LogP contribution is -2.18. The molecule has 0 radical (unpaired) electrons. The lowest BCUT2D eigenvalue weighted by atomic mass is 9.99. The smallest absolute Gasteiger partial charge is 0.452 e. The number of benzene rings is 2. The number of esters is 1. The Balaban J connectivity index is 1.98. The lowest BCUT2D eigenvalue weighted by Gasteiger charge is -2.24. The van der Waals surface area contributed by atoms with Crippen LogP contribution in [-0.4, -0.2) is 34.5 Å². The molecule has 0 saturated heterocycles. The fourth-order valence-corrected chi connectivity index (χ4v) is 4.29. The molecule has 1 aliphatic rings. The van der Waals surface area contributed by atoms with Gasteiger partial charge < -0.3 is 14.2 Å². The van der Waals surface area contributed by atoms with Crippen LogP contribution in [0.25, 0.3) is 5.69 Å². The van der Waals surface area contributed by atoms with Crippen LogP contribution in [0.5, 0.6) is 5.75 Å². The van der Waals surface area contributed by atoms with E-state index in [4.69, 9.17) is 37.4 Å². The van der Waals surface area contributed by atoms with Gasteiger partial charge in [-0.25, -0.2) is 0 Å². The van der Waals surface area contributed by atoms with Crippen LogP contribution in [0.4, 0.5) is 13.2 Å². The first kappa shape index (κ1) is 24.3. The Bertz CT molecular complexity index is 1230. The fraction of sp³-hybridized carbons (Fsp3) is 0.318. The van der Waals surface area contributed by atoms with Crippen molar-refractivity contribution in [3.05, 3.63) is 69.2 Å². The highest BCUT2D eigenvalue weighted by atomic mass is 35.5. The number of methoxy groups -OCH3 is 1. The molecule has 3 aromatic rings. The number of carbonyl (C=O) groups excluding carboxylic acids is 1. The zero-order valence-corrected chi connectivity index (χ0v) is 19.4. The molecule has 0 saturated carbocycles. The molecule has 2 atom stereocenters. The SMILES string of the molecule is CCOC(=O)CC1OC(c2cccc(OC)c2Cl)c2cc(Cl)ccc2-n2c1nnc2C(F)(F)F. The number of hydrogen-bond acceptors (Lipinski definition) is 6. The van der Waals surface area contributed by atoms with Crippen molar-refractivity contribution in [3.8, 4) is 11.4 Å². The van der Waals surface area contributed by atoms with Gasteiger partial charge in [-0.2, -0.15) is 13.2 Å². The fourth-order valence-electron chi connectivity index (χ4n) is 3.80. The summed E-state index contributed by atoms with van der Waals surface area (Å²) >= 11 is 12.8. The third-order valence-electron chi connectivity index (χ3n) is 5.20. The first-order valence-corrected chi connectivity index (χ1v) is 10.9. The van der Waals surface area contributed by atoms with E-state index in [1.807, 2.05) is 0 Å². The van der Waals surface area contributed by atoms with E-state index in [2.05, 4.69) is 10.2 Å². The maximum Gasteiger partial charge on any atom is 0.452 e. The molecule has 34 heavy (non-hydrogen) atoms. The van der Waals surface area contributed by atoms with E-state index in [1.165, 1.54) is 25.3 Å². The minimum absolute atomic E-state index is 0.0898. The van der Waals surface area contributed by atoms with Crippen molar-refractivity contribution < 1.29 is 32.2 Å². The third-order valence-corrected chi connectivity index (χ3v) is 5.84. The molecular formula is C22H18Cl2F3N3O4. The van der Waals surface area contributed by atoms with Crippen molar-refractivity contribution in [2.45, 2.75) is 31.7 Å². The summed E-state index contributed by atoms with van der Waals surface area (Å²) in [5.41, 5.74) is 0.776. The predicted molar refractivity (Wildman–Crippen MR) is 116 cm³/mol. The molecule has 4 rings (SSSR count). The van der Waals surface area contributed by atoms with E-state index in [0.717, 1.165) is 4.57 Å². The van der Waals surface area contributed by atoms with Crippen molar-refractivity contribution in [3.63, 3.8) is 0 Å². The average molecular weight is 516 g/mol. The Morgan fingerprint density at radius 1 is 1.18 bits per heavy atom. The molecule has 0 aliphatic carbocycles. The number of hydrogen-bond donors (Lipinski definition) is 0. The molecule has 0 N–H and O–H groups in total. The van der Waals surface area contributed by atoms with Crippen LogP contribution < -0.4 is 4.74 Å². The molecule has 7 nitrogen and oxygen atoms in total. The largest absolute Gasteiger partial charge is 0.495 e. The van der Waals surface area contributed by atoms with E-state index >= 15 is 0 Å². The molecule has 1 aliphatic heterocycles. The van der Waals surface area contributed by atoms with E-state index in [1.54, 1.807) is 25.1 Å². The number of halogens is 5. The van der Waals surface area contributed by atoms with Crippen molar-refractivity contribution in [1.82, 2.24) is 14.8 Å². The minimum atomic E-state index is -4.83. The van der Waals surface area contributed by atoms with Crippen molar-refractivity contribution in [1.29, 1.82) is 0 Å². The highest BCUT2D eigenvalue weighted by Gasteiger charge is 2.43. The van der Waals surface area contributed by atoms with Gasteiger partial charge in [0.2, 0.25) is 5.82 Å². The molecule has 180 valence electrons. The Hall–Kier alpha value is -2.82. The van der Waals surface area contributed by atoms with Gasteiger partial charge in [0.15, 0.2) is 5.82 Å². The minimum Gasteiger partial charge on any atom is -0.495 e. The Morgan fingerprint density at radius 2 is 1.94 bits per heavy atom. The highest BCUT2D eigenvalue weighted by molar-refractivity contribution is 6.33. The zero-order valence-electron chi connectivity index (χ0n) is 17.9. The summed E-state index contributed by atoms with van der Waals surface area (Å²) in [6.07, 6.45) is -7.48. The van der Waals surface area contributed by atoms with Gasteiger partial charge in [-0.1, -0.05) is 35.3 Å². The molecule has 12 heteroatoms. The lowest BCUT2D eigenvalue weighted by molar-refractivity contribution is -0.147. The van der Waals surface area contributed by atoms with Crippen molar-refractivity contribution >= 4 is 29.2 Å². The molecule has 0 bridgehead atoms. The van der Waals surface area contributed by atoms with Gasteiger partial charge >= 0.3 is 12.1 Å². The van der Waals surface area contributed by atoms with Crippen molar-refractivity contribution in [2.24, 2.45) is 0 Å². The number of carbonyl (C=O) groups is 1. The number of ether oxygens (including phenoxy) is 3. The van der Waals surface area contributed by atoms with Gasteiger partial charge in [0, 0.05) is 16.1 Å². The summed E-state index contributed by atoms with van der Waals surface area (Å²) in [7, 11) is 1.43. The summed E-state index contributed by atoms with van der Waals surface area (Å²) < 4.78 is 59.0. The van der Waals surface area contributed by atoms with E-state index in [0.29, 0.717) is 11.3 Å². The van der Waals surface area contributed by atoms with Gasteiger partial charge in [0.25, 0.3) is 0 Å². The number of fused-ring (bicyclic) bond motifs is 3. The van der Waals surface area contributed by atoms with Crippen LogP contribution in [0.2, 0.25) is 10.0 Å². The summed E-state index contributed by atoms with van der Waals surface area (Å²) in [5, 5.41) is 7.57. The normalized spacial score (nSPS) is 17.5. The van der Waals surface area contributed by atoms with E-state index < -0.39 is 36.6 Å². The van der Waals surface area contributed by atoms with Gasteiger partial charge in [0.1, 0.15) is 18.0 Å². The Kier molecular flexibility index (Phi) is 6.75. The topological polar surface area (TPSA) is 75.5 Å². The van der Waals surface area contributed by atoms with Crippen LogP contribution in [0.1, 0.15) is 48.3 Å². The summed E-state index contributed by atoms with van der Waals surface area (Å²) in [6.45, 7) is 1.71. The Morgan fingerprint density at radius 3 is 2.62 bits per heavy atom. The second kappa shape index (κ2) is 9.44. The number of rotatable bonds is 5. The van der Waals surface area contributed by atoms with Crippen LogP contribution in [0.15, 0.2) is 36.4 Å². The second-order valence-electron chi connectivity index (χ2n) is 7.30. The average Bonchev–Trinajstić information content (AvgIpc) is 3.18. The summed E-state index contributed by atoms with van der Waals surface area (Å²) in [6, 6.07) is 9.29. The maximum absolute atomic E-state index is 13.9. The molecule has 0 amide bonds. The first-order chi connectivity index (χ1) is 16.2. The first-order valence-electron chi connectivity index (χ1n) is 10.1. The molecular weight excluding hydrogens is 498 g/mol. The molecule has 2 unspecified atom stereocenters. The van der Waals surface area contributed by atoms with Crippen LogP contribution in [0, 0.1) is 0 Å². The maximum atomic E-state index is 13.9. The van der Waals surface area contributed by atoms with Gasteiger partial charge in [-0.3, -0.25) is 9.36 Å². The molecule has 1 aromatic heterocycles. The number of nitrogens with zero attached hydrogens (tertiary/aromatic N) is 3. The van der Waals surface area contributed by atoms with Crippen LogP contribution in [0.3, 0.4) is 0 Å². The van der Waals surface area contributed by atoms with Crippen molar-refractivity contribution in [2.75, 3.05) is 13.7 Å².